The van der Waals surface area contributed by atoms with Crippen molar-refractivity contribution in [1.82, 2.24) is 10.2 Å². The van der Waals surface area contributed by atoms with Gasteiger partial charge in [0.1, 0.15) is 5.82 Å². The van der Waals surface area contributed by atoms with Gasteiger partial charge in [0.2, 0.25) is 0 Å². The molecule has 2 saturated heterocycles. The van der Waals surface area contributed by atoms with Crippen LogP contribution in [0.3, 0.4) is 0 Å². The van der Waals surface area contributed by atoms with Crippen LogP contribution in [-0.4, -0.2) is 56.4 Å². The van der Waals surface area contributed by atoms with E-state index in [0.717, 1.165) is 63.4 Å². The second-order valence-electron chi connectivity index (χ2n) is 7.40. The minimum atomic E-state index is -0.162. The largest absolute Gasteiger partial charge is 0.374 e. The third-order valence-electron chi connectivity index (χ3n) is 5.59. The summed E-state index contributed by atoms with van der Waals surface area (Å²) in [6.45, 7) is 12.5. The van der Waals surface area contributed by atoms with Crippen molar-refractivity contribution in [2.45, 2.75) is 51.9 Å². The van der Waals surface area contributed by atoms with E-state index in [1.165, 1.54) is 0 Å². The lowest BCUT2D eigenvalue weighted by atomic mass is 10.0. The Balaban J connectivity index is 1.66. The van der Waals surface area contributed by atoms with Crippen LogP contribution in [0.5, 0.6) is 0 Å². The summed E-state index contributed by atoms with van der Waals surface area (Å²) in [7, 11) is 0. The average Bonchev–Trinajstić information content (AvgIpc) is 3.05. The molecule has 2 heterocycles. The van der Waals surface area contributed by atoms with Gasteiger partial charge in [-0.2, -0.15) is 0 Å². The summed E-state index contributed by atoms with van der Waals surface area (Å²) in [5.41, 5.74) is 2.22. The highest BCUT2D eigenvalue weighted by atomic mass is 19.1. The molecule has 3 rings (SSSR count). The van der Waals surface area contributed by atoms with Crippen LogP contribution in [0.15, 0.2) is 18.2 Å². The molecule has 0 aromatic heterocycles. The number of anilines is 1. The molecule has 1 aromatic carbocycles. The molecule has 1 aromatic rings. The van der Waals surface area contributed by atoms with Gasteiger partial charge in [0.15, 0.2) is 0 Å². The zero-order valence-electron chi connectivity index (χ0n) is 15.8. The van der Waals surface area contributed by atoms with E-state index < -0.39 is 0 Å². The van der Waals surface area contributed by atoms with Crippen molar-refractivity contribution in [2.24, 2.45) is 0 Å². The van der Waals surface area contributed by atoms with Crippen LogP contribution < -0.4 is 10.2 Å². The van der Waals surface area contributed by atoms with E-state index in [1.54, 1.807) is 12.1 Å². The molecule has 0 bridgehead atoms. The topological polar surface area (TPSA) is 27.7 Å². The molecule has 0 radical (unpaired) electrons. The number of benzene rings is 1. The van der Waals surface area contributed by atoms with Crippen LogP contribution in [0, 0.1) is 5.82 Å². The fourth-order valence-electron chi connectivity index (χ4n) is 3.92. The summed E-state index contributed by atoms with van der Waals surface area (Å²) in [6.07, 6.45) is 2.88. The van der Waals surface area contributed by atoms with Crippen LogP contribution in [0.2, 0.25) is 0 Å². The molecule has 0 saturated carbocycles. The SMILES string of the molecule is CCN1CCN(c2ccc(F)cc2[C@H](C)NC[C@@H]2CC[C@@H](C)O2)CC1. The third kappa shape index (κ3) is 4.72. The molecule has 0 spiro atoms. The van der Waals surface area contributed by atoms with Crippen LogP contribution in [0.25, 0.3) is 0 Å². The summed E-state index contributed by atoms with van der Waals surface area (Å²) in [5.74, 6) is -0.162. The first-order valence-electron chi connectivity index (χ1n) is 9.72. The molecule has 1 N–H and O–H groups in total. The van der Waals surface area contributed by atoms with Crippen molar-refractivity contribution in [3.8, 4) is 0 Å². The van der Waals surface area contributed by atoms with Crippen molar-refractivity contribution in [3.05, 3.63) is 29.6 Å². The minimum absolute atomic E-state index is 0.106. The van der Waals surface area contributed by atoms with Crippen molar-refractivity contribution in [1.29, 1.82) is 0 Å². The standard InChI is InChI=1S/C20H32FN3O/c1-4-23-9-11-24(12-10-23)20-8-6-17(21)13-19(20)16(3)22-14-18-7-5-15(2)25-18/h6,8,13,15-16,18,22H,4-5,7,9-12,14H2,1-3H3/t15-,16+,18+/m1/s1. The minimum Gasteiger partial charge on any atom is -0.374 e. The second-order valence-corrected chi connectivity index (χ2v) is 7.40. The second kappa shape index (κ2) is 8.47. The number of ether oxygens (including phenoxy) is 1. The summed E-state index contributed by atoms with van der Waals surface area (Å²) < 4.78 is 19.8. The lowest BCUT2D eigenvalue weighted by Crippen LogP contribution is -2.46. The van der Waals surface area contributed by atoms with Crippen molar-refractivity contribution in [3.63, 3.8) is 0 Å². The highest BCUT2D eigenvalue weighted by Gasteiger charge is 2.24. The lowest BCUT2D eigenvalue weighted by Gasteiger charge is -2.37. The van der Waals surface area contributed by atoms with Crippen molar-refractivity contribution < 1.29 is 9.13 Å². The zero-order chi connectivity index (χ0) is 17.8. The molecule has 25 heavy (non-hydrogen) atoms. The average molecular weight is 349 g/mol. The summed E-state index contributed by atoms with van der Waals surface area (Å²) in [4.78, 5) is 4.85. The predicted molar refractivity (Wildman–Crippen MR) is 101 cm³/mol. The fourth-order valence-corrected chi connectivity index (χ4v) is 3.92. The zero-order valence-corrected chi connectivity index (χ0v) is 15.8. The first-order chi connectivity index (χ1) is 12.1. The first kappa shape index (κ1) is 18.6. The molecule has 2 aliphatic rings. The van der Waals surface area contributed by atoms with Crippen molar-refractivity contribution in [2.75, 3.05) is 44.2 Å². The summed E-state index contributed by atoms with van der Waals surface area (Å²) >= 11 is 0. The first-order valence-corrected chi connectivity index (χ1v) is 9.72. The van der Waals surface area contributed by atoms with Gasteiger partial charge in [-0.05, 0) is 57.0 Å². The Morgan fingerprint density at radius 1 is 1.24 bits per heavy atom. The van der Waals surface area contributed by atoms with E-state index in [-0.39, 0.29) is 18.0 Å². The Hall–Kier alpha value is -1.17. The van der Waals surface area contributed by atoms with Gasteiger partial charge in [-0.15, -0.1) is 0 Å². The van der Waals surface area contributed by atoms with Gasteiger partial charge in [0, 0.05) is 44.5 Å². The van der Waals surface area contributed by atoms with E-state index in [9.17, 15) is 4.39 Å². The molecule has 0 aliphatic carbocycles. The highest BCUT2D eigenvalue weighted by Crippen LogP contribution is 2.29. The van der Waals surface area contributed by atoms with Gasteiger partial charge in [0.05, 0.1) is 12.2 Å². The van der Waals surface area contributed by atoms with Gasteiger partial charge >= 0.3 is 0 Å². The number of halogens is 1. The Morgan fingerprint density at radius 3 is 2.64 bits per heavy atom. The number of nitrogens with one attached hydrogen (secondary N) is 1. The Kier molecular flexibility index (Phi) is 6.31. The summed E-state index contributed by atoms with van der Waals surface area (Å²) in [6, 6.07) is 5.32. The monoisotopic (exact) mass is 349 g/mol. The molecule has 2 fully saturated rings. The van der Waals surface area contributed by atoms with Gasteiger partial charge < -0.3 is 19.9 Å². The quantitative estimate of drug-likeness (QED) is 0.854. The number of nitrogens with zero attached hydrogens (tertiary/aromatic N) is 2. The molecule has 4 nitrogen and oxygen atoms in total. The summed E-state index contributed by atoms with van der Waals surface area (Å²) in [5, 5.41) is 3.56. The Bertz CT molecular complexity index is 560. The van der Waals surface area contributed by atoms with E-state index in [2.05, 4.69) is 35.9 Å². The fraction of sp³-hybridized carbons (Fsp3) is 0.700. The van der Waals surface area contributed by atoms with Crippen LogP contribution in [-0.2, 0) is 4.74 Å². The molecule has 140 valence electrons. The lowest BCUT2D eigenvalue weighted by molar-refractivity contribution is 0.0546. The molecule has 0 amide bonds. The van der Waals surface area contributed by atoms with Crippen molar-refractivity contribution >= 4 is 5.69 Å². The maximum Gasteiger partial charge on any atom is 0.123 e. The number of hydrogen-bond donors (Lipinski definition) is 1. The van der Waals surface area contributed by atoms with Gasteiger partial charge in [-0.3, -0.25) is 0 Å². The van der Waals surface area contributed by atoms with Crippen LogP contribution in [0.4, 0.5) is 10.1 Å². The van der Waals surface area contributed by atoms with E-state index in [1.807, 2.05) is 6.07 Å². The Morgan fingerprint density at radius 2 is 2.00 bits per heavy atom. The maximum atomic E-state index is 13.9. The number of likely N-dealkylation sites (N-methyl/N-ethyl adjacent to an activating group) is 1. The van der Waals surface area contributed by atoms with Gasteiger partial charge in [-0.25, -0.2) is 4.39 Å². The van der Waals surface area contributed by atoms with E-state index >= 15 is 0 Å². The number of hydrogen-bond acceptors (Lipinski definition) is 4. The van der Waals surface area contributed by atoms with Gasteiger partial charge in [-0.1, -0.05) is 6.92 Å². The smallest absolute Gasteiger partial charge is 0.123 e. The molecular formula is C20H32FN3O. The highest BCUT2D eigenvalue weighted by molar-refractivity contribution is 5.55. The predicted octanol–water partition coefficient (Wildman–Crippen LogP) is 3.19. The maximum absolute atomic E-state index is 13.9. The van der Waals surface area contributed by atoms with Crippen LogP contribution >= 0.6 is 0 Å². The van der Waals surface area contributed by atoms with Crippen LogP contribution in [0.1, 0.15) is 45.2 Å². The number of rotatable bonds is 6. The molecule has 2 aliphatic heterocycles. The van der Waals surface area contributed by atoms with Gasteiger partial charge in [0.25, 0.3) is 0 Å². The normalized spacial score (nSPS) is 26.2. The number of piperazine rings is 1. The molecule has 5 heteroatoms. The molecule has 3 atom stereocenters. The molecular weight excluding hydrogens is 317 g/mol. The molecule has 0 unspecified atom stereocenters. The third-order valence-corrected chi connectivity index (χ3v) is 5.59. The van der Waals surface area contributed by atoms with E-state index in [4.69, 9.17) is 4.74 Å². The van der Waals surface area contributed by atoms with E-state index in [0.29, 0.717) is 6.10 Å². The Labute approximate surface area is 151 Å².